The lowest BCUT2D eigenvalue weighted by molar-refractivity contribution is 0.571. The van der Waals surface area contributed by atoms with Gasteiger partial charge in [-0.3, -0.25) is 5.10 Å². The van der Waals surface area contributed by atoms with E-state index < -0.39 is 0 Å². The summed E-state index contributed by atoms with van der Waals surface area (Å²) in [5.74, 6) is 1.13. The minimum atomic E-state index is 0.0539. The largest absolute Gasteiger partial charge is 0.454 e. The Morgan fingerprint density at radius 2 is 2.08 bits per heavy atom. The molecular formula is C18H10N6OS. The maximum atomic E-state index is 9.42. The molecule has 4 rings (SSSR count). The van der Waals surface area contributed by atoms with Crippen molar-refractivity contribution in [3.8, 4) is 22.9 Å². The molecule has 0 aliphatic heterocycles. The average Bonchev–Trinajstić information content (AvgIpc) is 3.37. The number of furan rings is 1. The highest BCUT2D eigenvalue weighted by atomic mass is 32.1. The van der Waals surface area contributed by atoms with Gasteiger partial charge in [-0.1, -0.05) is 12.1 Å². The summed E-state index contributed by atoms with van der Waals surface area (Å²) < 4.78 is 6.88. The van der Waals surface area contributed by atoms with Crippen LogP contribution in [0.15, 0.2) is 40.8 Å². The van der Waals surface area contributed by atoms with E-state index in [1.54, 1.807) is 12.1 Å². The van der Waals surface area contributed by atoms with E-state index in [2.05, 4.69) is 15.2 Å². The third kappa shape index (κ3) is 2.61. The molecule has 0 atom stereocenters. The molecule has 0 spiro atoms. The number of rotatable bonds is 3. The van der Waals surface area contributed by atoms with Crippen LogP contribution in [0.4, 0.5) is 5.82 Å². The first kappa shape index (κ1) is 15.6. The number of nitrogen functional groups attached to an aromatic ring is 1. The predicted molar refractivity (Wildman–Crippen MR) is 98.5 cm³/mol. The second-order valence-electron chi connectivity index (χ2n) is 5.33. The molecule has 124 valence electrons. The van der Waals surface area contributed by atoms with Crippen molar-refractivity contribution in [2.75, 3.05) is 5.73 Å². The van der Waals surface area contributed by atoms with Gasteiger partial charge in [-0.05, 0) is 24.3 Å². The number of hydrogen-bond acceptors (Lipinski definition) is 7. The minimum Gasteiger partial charge on any atom is -0.454 e. The van der Waals surface area contributed by atoms with Crippen LogP contribution in [0.3, 0.4) is 0 Å². The molecule has 7 nitrogen and oxygen atoms in total. The van der Waals surface area contributed by atoms with Gasteiger partial charge in [-0.2, -0.15) is 15.6 Å². The molecule has 8 heteroatoms. The topological polar surface area (TPSA) is 128 Å². The van der Waals surface area contributed by atoms with Gasteiger partial charge >= 0.3 is 0 Å². The average molecular weight is 358 g/mol. The van der Waals surface area contributed by atoms with E-state index in [-0.39, 0.29) is 22.6 Å². The first-order valence-corrected chi connectivity index (χ1v) is 8.33. The number of nitriles is 2. The molecule has 4 aromatic rings. The number of nitrogens with two attached hydrogens (primary N) is 1. The van der Waals surface area contributed by atoms with Crippen molar-refractivity contribution in [1.29, 1.82) is 10.5 Å². The number of aromatic nitrogens is 3. The first-order chi connectivity index (χ1) is 12.7. The van der Waals surface area contributed by atoms with Crippen LogP contribution in [0.5, 0.6) is 0 Å². The summed E-state index contributed by atoms with van der Waals surface area (Å²) in [5, 5.41) is 25.7. The van der Waals surface area contributed by atoms with Crippen molar-refractivity contribution in [2.45, 2.75) is 0 Å². The van der Waals surface area contributed by atoms with Gasteiger partial charge in [0.25, 0.3) is 0 Å². The molecule has 0 saturated carbocycles. The number of benzene rings is 1. The quantitative estimate of drug-likeness (QED) is 0.536. The molecule has 0 radical (unpaired) electrons. The number of H-pyrrole nitrogens is 1. The molecule has 0 saturated heterocycles. The SMILES string of the molecule is N#C/C(=C\c1ccc(-c2nc3ccccc3s2)o1)c1[nH]nc(N)c1C#N. The molecule has 0 aliphatic rings. The van der Waals surface area contributed by atoms with Crippen molar-refractivity contribution in [3.63, 3.8) is 0 Å². The van der Waals surface area contributed by atoms with Gasteiger partial charge in [0, 0.05) is 6.08 Å². The number of aromatic amines is 1. The van der Waals surface area contributed by atoms with Crippen LogP contribution < -0.4 is 5.73 Å². The Kier molecular flexibility index (Phi) is 3.73. The normalized spacial score (nSPS) is 11.4. The molecule has 1 aromatic carbocycles. The summed E-state index contributed by atoms with van der Waals surface area (Å²) in [5.41, 5.74) is 7.14. The van der Waals surface area contributed by atoms with Crippen LogP contribution in [0.25, 0.3) is 32.6 Å². The Labute approximate surface area is 151 Å². The molecular weight excluding hydrogens is 348 g/mol. The van der Waals surface area contributed by atoms with Gasteiger partial charge in [0.2, 0.25) is 0 Å². The lowest BCUT2D eigenvalue weighted by Crippen LogP contribution is -1.89. The van der Waals surface area contributed by atoms with Crippen molar-refractivity contribution < 1.29 is 4.42 Å². The third-order valence-electron chi connectivity index (χ3n) is 3.71. The number of para-hydroxylation sites is 1. The maximum absolute atomic E-state index is 9.42. The molecule has 3 heterocycles. The lowest BCUT2D eigenvalue weighted by atomic mass is 10.1. The smallest absolute Gasteiger partial charge is 0.163 e. The summed E-state index contributed by atoms with van der Waals surface area (Å²) in [6.45, 7) is 0. The number of anilines is 1. The van der Waals surface area contributed by atoms with Gasteiger partial charge in [-0.15, -0.1) is 11.3 Å². The second-order valence-corrected chi connectivity index (χ2v) is 6.36. The van der Waals surface area contributed by atoms with Crippen molar-refractivity contribution in [1.82, 2.24) is 15.2 Å². The third-order valence-corrected chi connectivity index (χ3v) is 4.76. The highest BCUT2D eigenvalue weighted by Crippen LogP contribution is 2.32. The van der Waals surface area contributed by atoms with E-state index >= 15 is 0 Å². The molecule has 0 aliphatic carbocycles. The van der Waals surface area contributed by atoms with Gasteiger partial charge in [-0.25, -0.2) is 4.98 Å². The Bertz CT molecular complexity index is 1200. The van der Waals surface area contributed by atoms with Crippen LogP contribution in [0.2, 0.25) is 0 Å². The number of nitrogens with one attached hydrogen (secondary N) is 1. The Morgan fingerprint density at radius 3 is 2.85 bits per heavy atom. The number of allylic oxidation sites excluding steroid dienone is 1. The summed E-state index contributed by atoms with van der Waals surface area (Å²) >= 11 is 1.53. The molecule has 0 amide bonds. The molecule has 0 unspecified atom stereocenters. The van der Waals surface area contributed by atoms with E-state index in [9.17, 15) is 5.26 Å². The number of nitrogens with zero attached hydrogens (tertiary/aromatic N) is 4. The van der Waals surface area contributed by atoms with Gasteiger partial charge in [0.05, 0.1) is 21.5 Å². The van der Waals surface area contributed by atoms with Crippen LogP contribution in [0, 0.1) is 22.7 Å². The molecule has 3 aromatic heterocycles. The van der Waals surface area contributed by atoms with Crippen molar-refractivity contribution >= 4 is 39.0 Å². The summed E-state index contributed by atoms with van der Waals surface area (Å²) in [6, 6.07) is 15.4. The molecule has 0 bridgehead atoms. The van der Waals surface area contributed by atoms with E-state index in [0.717, 1.165) is 15.2 Å². The summed E-state index contributed by atoms with van der Waals surface area (Å²) in [7, 11) is 0. The van der Waals surface area contributed by atoms with Crippen LogP contribution >= 0.6 is 11.3 Å². The van der Waals surface area contributed by atoms with Gasteiger partial charge in [0.1, 0.15) is 23.5 Å². The van der Waals surface area contributed by atoms with E-state index in [0.29, 0.717) is 11.5 Å². The van der Waals surface area contributed by atoms with Gasteiger partial charge < -0.3 is 10.2 Å². The highest BCUT2D eigenvalue weighted by Gasteiger charge is 2.16. The maximum Gasteiger partial charge on any atom is 0.163 e. The number of hydrogen-bond donors (Lipinski definition) is 2. The standard InChI is InChI=1S/C18H10N6OS/c19-8-10(16-12(9-20)17(21)24-23-16)7-11-5-6-14(25-11)18-22-13-3-1-2-4-15(13)26-18/h1-7H,(H3,21,23,24)/b10-7+. The van der Waals surface area contributed by atoms with Crippen molar-refractivity contribution in [3.05, 3.63) is 53.4 Å². The van der Waals surface area contributed by atoms with Gasteiger partial charge in [0.15, 0.2) is 16.6 Å². The predicted octanol–water partition coefficient (Wildman–Crippen LogP) is 3.80. The summed E-state index contributed by atoms with van der Waals surface area (Å²) in [6.07, 6.45) is 1.53. The monoisotopic (exact) mass is 358 g/mol. The second kappa shape index (κ2) is 6.20. The van der Waals surface area contributed by atoms with E-state index in [1.807, 2.05) is 36.4 Å². The van der Waals surface area contributed by atoms with Crippen molar-refractivity contribution in [2.24, 2.45) is 0 Å². The zero-order chi connectivity index (χ0) is 18.1. The highest BCUT2D eigenvalue weighted by molar-refractivity contribution is 7.21. The first-order valence-electron chi connectivity index (χ1n) is 7.51. The Hall–Kier alpha value is -3.88. The fourth-order valence-electron chi connectivity index (χ4n) is 2.49. The molecule has 3 N–H and O–H groups in total. The zero-order valence-electron chi connectivity index (χ0n) is 13.2. The Balaban J connectivity index is 1.72. The van der Waals surface area contributed by atoms with E-state index in [1.165, 1.54) is 17.4 Å². The molecule has 0 fully saturated rings. The molecule has 26 heavy (non-hydrogen) atoms. The zero-order valence-corrected chi connectivity index (χ0v) is 14.0. The Morgan fingerprint density at radius 1 is 1.23 bits per heavy atom. The fourth-order valence-corrected chi connectivity index (χ4v) is 3.42. The number of fused-ring (bicyclic) bond motifs is 1. The van der Waals surface area contributed by atoms with E-state index in [4.69, 9.17) is 15.4 Å². The van der Waals surface area contributed by atoms with Crippen LogP contribution in [-0.2, 0) is 0 Å². The van der Waals surface area contributed by atoms with Crippen LogP contribution in [-0.4, -0.2) is 15.2 Å². The lowest BCUT2D eigenvalue weighted by Gasteiger charge is -1.94. The fraction of sp³-hybridized carbons (Fsp3) is 0. The number of thiazole rings is 1. The summed E-state index contributed by atoms with van der Waals surface area (Å²) in [4.78, 5) is 4.55. The van der Waals surface area contributed by atoms with Crippen LogP contribution in [0.1, 0.15) is 17.0 Å². The minimum absolute atomic E-state index is 0.0539.